The third-order valence-corrected chi connectivity index (χ3v) is 3.90. The number of hydrogen-bond donors (Lipinski definition) is 1. The van der Waals surface area contributed by atoms with Gasteiger partial charge in [0.2, 0.25) is 0 Å². The Morgan fingerprint density at radius 1 is 1.18 bits per heavy atom. The summed E-state index contributed by atoms with van der Waals surface area (Å²) in [7, 11) is 0. The molecular weight excluding hydrogens is 367 g/mol. The van der Waals surface area contributed by atoms with E-state index in [0.717, 1.165) is 0 Å². The van der Waals surface area contributed by atoms with Gasteiger partial charge in [0, 0.05) is 17.6 Å². The normalized spacial score (nSPS) is 11.9. The molecule has 1 aromatic heterocycles. The molecule has 0 fully saturated rings. The Labute approximate surface area is 131 Å². The Balaban J connectivity index is 2.62. The molecule has 0 saturated heterocycles. The topological polar surface area (TPSA) is 56.0 Å². The number of alkyl halides is 3. The molecule has 9 heteroatoms. The summed E-state index contributed by atoms with van der Waals surface area (Å²) in [5, 5.41) is 1.80. The van der Waals surface area contributed by atoms with E-state index in [4.69, 9.17) is 0 Å². The number of rotatable bonds is 3. The zero-order valence-corrected chi connectivity index (χ0v) is 13.4. The molecule has 1 aromatic carbocycles. The maximum Gasteiger partial charge on any atom is 0.471 e. The SMILES string of the molecule is CCn1c(=O)n(CC)c2cc(NC(=O)C(F)(F)F)c(Br)cc21. The lowest BCUT2D eigenvalue weighted by atomic mass is 10.2. The molecule has 0 bridgehead atoms. The van der Waals surface area contributed by atoms with Crippen molar-refractivity contribution in [3.8, 4) is 0 Å². The molecule has 0 spiro atoms. The smallest absolute Gasteiger partial charge is 0.317 e. The van der Waals surface area contributed by atoms with Crippen LogP contribution in [0.5, 0.6) is 0 Å². The van der Waals surface area contributed by atoms with E-state index in [1.165, 1.54) is 21.3 Å². The molecule has 0 saturated carbocycles. The van der Waals surface area contributed by atoms with E-state index in [9.17, 15) is 22.8 Å². The van der Waals surface area contributed by atoms with Crippen molar-refractivity contribution in [2.45, 2.75) is 33.1 Å². The minimum atomic E-state index is -4.98. The first-order chi connectivity index (χ1) is 10.2. The highest BCUT2D eigenvalue weighted by Gasteiger charge is 2.39. The fraction of sp³-hybridized carbons (Fsp3) is 0.385. The summed E-state index contributed by atoms with van der Waals surface area (Å²) < 4.78 is 40.3. The first kappa shape index (κ1) is 16.6. The molecule has 1 N–H and O–H groups in total. The third-order valence-electron chi connectivity index (χ3n) is 3.25. The number of benzene rings is 1. The van der Waals surface area contributed by atoms with Gasteiger partial charge in [0.15, 0.2) is 0 Å². The largest absolute Gasteiger partial charge is 0.471 e. The predicted molar refractivity (Wildman–Crippen MR) is 79.9 cm³/mol. The summed E-state index contributed by atoms with van der Waals surface area (Å²) in [5.41, 5.74) is 0.776. The van der Waals surface area contributed by atoms with Gasteiger partial charge in [-0.3, -0.25) is 13.9 Å². The molecule has 2 rings (SSSR count). The van der Waals surface area contributed by atoms with Crippen LogP contribution in [0.1, 0.15) is 13.8 Å². The zero-order chi connectivity index (χ0) is 16.7. The number of nitrogens with zero attached hydrogens (tertiary/aromatic N) is 2. The van der Waals surface area contributed by atoms with Crippen molar-refractivity contribution in [3.63, 3.8) is 0 Å². The van der Waals surface area contributed by atoms with Gasteiger partial charge in [-0.1, -0.05) is 0 Å². The molecule has 1 heterocycles. The van der Waals surface area contributed by atoms with Crippen LogP contribution in [0.3, 0.4) is 0 Å². The van der Waals surface area contributed by atoms with Gasteiger partial charge < -0.3 is 5.32 Å². The summed E-state index contributed by atoms with van der Waals surface area (Å²) in [4.78, 5) is 23.3. The second-order valence-corrected chi connectivity index (χ2v) is 5.40. The Kier molecular flexibility index (Phi) is 4.37. The Morgan fingerprint density at radius 3 is 2.14 bits per heavy atom. The van der Waals surface area contributed by atoms with Crippen LogP contribution in [0.25, 0.3) is 11.0 Å². The number of nitrogens with one attached hydrogen (secondary N) is 1. The number of carbonyl (C=O) groups is 1. The fourth-order valence-electron chi connectivity index (χ4n) is 2.24. The molecular formula is C13H13BrF3N3O2. The van der Waals surface area contributed by atoms with Crippen molar-refractivity contribution in [1.82, 2.24) is 9.13 Å². The van der Waals surface area contributed by atoms with Crippen molar-refractivity contribution in [1.29, 1.82) is 0 Å². The Morgan fingerprint density at radius 2 is 1.68 bits per heavy atom. The molecule has 0 unspecified atom stereocenters. The van der Waals surface area contributed by atoms with Crippen LogP contribution in [-0.4, -0.2) is 21.2 Å². The minimum Gasteiger partial charge on any atom is -0.317 e. The van der Waals surface area contributed by atoms with Gasteiger partial charge in [-0.15, -0.1) is 0 Å². The van der Waals surface area contributed by atoms with Gasteiger partial charge in [-0.2, -0.15) is 13.2 Å². The first-order valence-corrected chi connectivity index (χ1v) is 7.30. The number of imidazole rings is 1. The molecule has 120 valence electrons. The number of aromatic nitrogens is 2. The molecule has 0 aliphatic carbocycles. The number of amides is 1. The molecule has 0 aliphatic heterocycles. The number of anilines is 1. The van der Waals surface area contributed by atoms with Crippen LogP contribution in [0.15, 0.2) is 21.4 Å². The van der Waals surface area contributed by atoms with Gasteiger partial charge in [0.1, 0.15) is 0 Å². The molecule has 0 aliphatic rings. The van der Waals surface area contributed by atoms with E-state index >= 15 is 0 Å². The van der Waals surface area contributed by atoms with Crippen molar-refractivity contribution in [3.05, 3.63) is 27.1 Å². The van der Waals surface area contributed by atoms with E-state index in [2.05, 4.69) is 15.9 Å². The van der Waals surface area contributed by atoms with Crippen LogP contribution < -0.4 is 11.0 Å². The summed E-state index contributed by atoms with van der Waals surface area (Å²) in [5.74, 6) is -2.06. The number of carbonyl (C=O) groups excluding carboxylic acids is 1. The van der Waals surface area contributed by atoms with Gasteiger partial charge >= 0.3 is 17.8 Å². The monoisotopic (exact) mass is 379 g/mol. The van der Waals surface area contributed by atoms with E-state index in [1.54, 1.807) is 19.2 Å². The average molecular weight is 380 g/mol. The van der Waals surface area contributed by atoms with Crippen molar-refractivity contribution < 1.29 is 18.0 Å². The highest BCUT2D eigenvalue weighted by atomic mass is 79.9. The van der Waals surface area contributed by atoms with Crippen molar-refractivity contribution in [2.75, 3.05) is 5.32 Å². The zero-order valence-electron chi connectivity index (χ0n) is 11.8. The van der Waals surface area contributed by atoms with Gasteiger partial charge in [-0.05, 0) is 41.9 Å². The summed E-state index contributed by atoms with van der Waals surface area (Å²) in [6, 6.07) is 2.89. The Hall–Kier alpha value is -1.77. The number of fused-ring (bicyclic) bond motifs is 1. The Bertz CT molecular complexity index is 792. The summed E-state index contributed by atoms with van der Waals surface area (Å²) in [6.07, 6.45) is -4.98. The maximum absolute atomic E-state index is 12.4. The van der Waals surface area contributed by atoms with E-state index in [-0.39, 0.29) is 15.8 Å². The number of aryl methyl sites for hydroxylation is 2. The predicted octanol–water partition coefficient (Wildman–Crippen LogP) is 3.11. The standard InChI is InChI=1S/C13H13BrF3N3O2/c1-3-19-9-5-7(14)8(18-11(21)13(15,16)17)6-10(9)20(4-2)12(19)22/h5-6H,3-4H2,1-2H3,(H,18,21). The van der Waals surface area contributed by atoms with E-state index in [0.29, 0.717) is 24.1 Å². The lowest BCUT2D eigenvalue weighted by Gasteiger charge is -2.10. The van der Waals surface area contributed by atoms with E-state index in [1.807, 2.05) is 0 Å². The molecule has 1 amide bonds. The maximum atomic E-state index is 12.4. The average Bonchev–Trinajstić information content (AvgIpc) is 2.68. The molecule has 0 atom stereocenters. The van der Waals surface area contributed by atoms with Gasteiger partial charge in [-0.25, -0.2) is 4.79 Å². The second-order valence-electron chi connectivity index (χ2n) is 4.54. The van der Waals surface area contributed by atoms with Crippen LogP contribution in [-0.2, 0) is 17.9 Å². The first-order valence-electron chi connectivity index (χ1n) is 6.51. The van der Waals surface area contributed by atoms with Crippen LogP contribution in [0.2, 0.25) is 0 Å². The van der Waals surface area contributed by atoms with E-state index < -0.39 is 12.1 Å². The van der Waals surface area contributed by atoms with Crippen LogP contribution >= 0.6 is 15.9 Å². The third kappa shape index (κ3) is 2.77. The highest BCUT2D eigenvalue weighted by Crippen LogP contribution is 2.30. The fourth-order valence-corrected chi connectivity index (χ4v) is 2.67. The number of hydrogen-bond acceptors (Lipinski definition) is 2. The van der Waals surface area contributed by atoms with Crippen LogP contribution in [0.4, 0.5) is 18.9 Å². The van der Waals surface area contributed by atoms with Gasteiger partial charge in [0.25, 0.3) is 0 Å². The van der Waals surface area contributed by atoms with Crippen LogP contribution in [0, 0.1) is 0 Å². The molecule has 0 radical (unpaired) electrons. The minimum absolute atomic E-state index is 0.0368. The summed E-state index contributed by atoms with van der Waals surface area (Å²) >= 11 is 3.13. The quantitative estimate of drug-likeness (QED) is 0.890. The van der Waals surface area contributed by atoms with Gasteiger partial charge in [0.05, 0.1) is 16.7 Å². The second kappa shape index (κ2) is 5.79. The lowest BCUT2D eigenvalue weighted by molar-refractivity contribution is -0.167. The van der Waals surface area contributed by atoms with Crippen molar-refractivity contribution >= 4 is 38.6 Å². The van der Waals surface area contributed by atoms with Crippen molar-refractivity contribution in [2.24, 2.45) is 0 Å². The summed E-state index contributed by atoms with van der Waals surface area (Å²) in [6.45, 7) is 4.37. The number of halogens is 4. The lowest BCUT2D eigenvalue weighted by Crippen LogP contribution is -2.30. The molecule has 22 heavy (non-hydrogen) atoms. The molecule has 2 aromatic rings. The molecule has 5 nitrogen and oxygen atoms in total. The highest BCUT2D eigenvalue weighted by molar-refractivity contribution is 9.10.